The molecule has 5 heteroatoms. The van der Waals surface area contributed by atoms with Gasteiger partial charge in [0.05, 0.1) is 5.41 Å². The van der Waals surface area contributed by atoms with Crippen LogP contribution in [0.3, 0.4) is 0 Å². The van der Waals surface area contributed by atoms with Gasteiger partial charge in [-0.25, -0.2) is 4.39 Å². The zero-order valence-corrected chi connectivity index (χ0v) is 15.7. The molecule has 27 heavy (non-hydrogen) atoms. The molecule has 3 rings (SSSR count). The van der Waals surface area contributed by atoms with Crippen molar-refractivity contribution in [2.75, 3.05) is 11.9 Å². The first-order valence-corrected chi connectivity index (χ1v) is 9.22. The fourth-order valence-corrected chi connectivity index (χ4v) is 3.87. The lowest BCUT2D eigenvalue weighted by Gasteiger charge is -2.27. The number of hydrogen-bond acceptors (Lipinski definition) is 3. The molecule has 0 saturated heterocycles. The Morgan fingerprint density at radius 3 is 2.30 bits per heavy atom. The van der Waals surface area contributed by atoms with E-state index in [1.54, 1.807) is 18.2 Å². The summed E-state index contributed by atoms with van der Waals surface area (Å²) in [6, 6.07) is 12.0. The van der Waals surface area contributed by atoms with E-state index < -0.39 is 23.1 Å². The van der Waals surface area contributed by atoms with E-state index in [0.29, 0.717) is 18.4 Å². The summed E-state index contributed by atoms with van der Waals surface area (Å²) >= 11 is 0. The number of ether oxygens (including phenoxy) is 1. The second-order valence-electron chi connectivity index (χ2n) is 7.16. The van der Waals surface area contributed by atoms with Crippen molar-refractivity contribution in [2.24, 2.45) is 0 Å². The number of esters is 1. The Labute approximate surface area is 158 Å². The minimum atomic E-state index is -0.996. The van der Waals surface area contributed by atoms with Gasteiger partial charge in [0.1, 0.15) is 5.82 Å². The molecule has 0 spiro atoms. The van der Waals surface area contributed by atoms with Gasteiger partial charge in [-0.1, -0.05) is 49.2 Å². The predicted octanol–water partition coefficient (Wildman–Crippen LogP) is 4.44. The summed E-state index contributed by atoms with van der Waals surface area (Å²) in [6.45, 7) is 3.42. The highest BCUT2D eigenvalue weighted by Gasteiger charge is 2.45. The summed E-state index contributed by atoms with van der Waals surface area (Å²) in [6.07, 6.45) is 2.73. The Kier molecular flexibility index (Phi) is 5.59. The summed E-state index contributed by atoms with van der Waals surface area (Å²) in [4.78, 5) is 25.1. The number of aryl methyl sites for hydroxylation is 2. The molecule has 1 N–H and O–H groups in total. The number of carbonyl (C=O) groups is 2. The number of carbonyl (C=O) groups excluding carboxylic acids is 2. The number of benzene rings is 2. The van der Waals surface area contributed by atoms with Crippen molar-refractivity contribution in [3.8, 4) is 0 Å². The van der Waals surface area contributed by atoms with Crippen molar-refractivity contribution in [1.82, 2.24) is 0 Å². The lowest BCUT2D eigenvalue weighted by Crippen LogP contribution is -2.37. The van der Waals surface area contributed by atoms with E-state index >= 15 is 0 Å². The van der Waals surface area contributed by atoms with Crippen LogP contribution in [0.1, 0.15) is 42.4 Å². The highest BCUT2D eigenvalue weighted by atomic mass is 19.1. The molecule has 0 radical (unpaired) electrons. The van der Waals surface area contributed by atoms with Crippen molar-refractivity contribution in [1.29, 1.82) is 0 Å². The van der Waals surface area contributed by atoms with Gasteiger partial charge < -0.3 is 10.1 Å². The first-order valence-electron chi connectivity index (χ1n) is 9.22. The molecule has 1 aliphatic rings. The van der Waals surface area contributed by atoms with E-state index in [9.17, 15) is 14.0 Å². The summed E-state index contributed by atoms with van der Waals surface area (Å²) in [5.41, 5.74) is 1.97. The minimum Gasteiger partial charge on any atom is -0.455 e. The van der Waals surface area contributed by atoms with Crippen LogP contribution >= 0.6 is 0 Å². The smallest absolute Gasteiger partial charge is 0.317 e. The van der Waals surface area contributed by atoms with Crippen molar-refractivity contribution in [2.45, 2.75) is 44.9 Å². The number of hydrogen-bond donors (Lipinski definition) is 1. The van der Waals surface area contributed by atoms with Gasteiger partial charge in [0, 0.05) is 11.3 Å². The van der Waals surface area contributed by atoms with Crippen LogP contribution in [0.15, 0.2) is 42.5 Å². The molecular weight excluding hydrogens is 345 g/mol. The van der Waals surface area contributed by atoms with Crippen LogP contribution in [0.4, 0.5) is 10.1 Å². The predicted molar refractivity (Wildman–Crippen MR) is 102 cm³/mol. The van der Waals surface area contributed by atoms with Gasteiger partial charge in [0.2, 0.25) is 0 Å². The fraction of sp³-hybridized carbons (Fsp3) is 0.364. The average Bonchev–Trinajstić information content (AvgIpc) is 3.14. The molecular formula is C22H24FNO3. The molecule has 1 saturated carbocycles. The normalized spacial score (nSPS) is 15.4. The van der Waals surface area contributed by atoms with Gasteiger partial charge in [-0.15, -0.1) is 0 Å². The molecule has 1 aliphatic carbocycles. The Balaban J connectivity index is 1.70. The lowest BCUT2D eigenvalue weighted by molar-refractivity contribution is -0.153. The maximum absolute atomic E-state index is 14.3. The Bertz CT molecular complexity index is 836. The lowest BCUT2D eigenvalue weighted by atomic mass is 9.78. The molecule has 142 valence electrons. The Morgan fingerprint density at radius 2 is 1.67 bits per heavy atom. The average molecular weight is 369 g/mol. The number of anilines is 1. The van der Waals surface area contributed by atoms with Crippen molar-refractivity contribution >= 4 is 17.6 Å². The van der Waals surface area contributed by atoms with Crippen LogP contribution < -0.4 is 5.32 Å². The summed E-state index contributed by atoms with van der Waals surface area (Å²) in [7, 11) is 0. The third-order valence-corrected chi connectivity index (χ3v) is 5.32. The minimum absolute atomic E-state index is 0.364. The highest BCUT2D eigenvalue weighted by molar-refractivity contribution is 5.95. The highest BCUT2D eigenvalue weighted by Crippen LogP contribution is 2.43. The summed E-state index contributed by atoms with van der Waals surface area (Å²) < 4.78 is 19.7. The molecule has 1 amide bonds. The zero-order chi connectivity index (χ0) is 19.4. The molecule has 0 atom stereocenters. The van der Waals surface area contributed by atoms with Gasteiger partial charge in [0.25, 0.3) is 5.91 Å². The molecule has 4 nitrogen and oxygen atoms in total. The van der Waals surface area contributed by atoms with Crippen LogP contribution in [0, 0.1) is 19.7 Å². The van der Waals surface area contributed by atoms with Gasteiger partial charge in [-0.3, -0.25) is 9.59 Å². The third-order valence-electron chi connectivity index (χ3n) is 5.32. The van der Waals surface area contributed by atoms with Crippen molar-refractivity contribution < 1.29 is 18.7 Å². The van der Waals surface area contributed by atoms with Gasteiger partial charge in [-0.2, -0.15) is 0 Å². The van der Waals surface area contributed by atoms with E-state index in [1.165, 1.54) is 6.07 Å². The van der Waals surface area contributed by atoms with E-state index in [2.05, 4.69) is 5.32 Å². The molecule has 0 bridgehead atoms. The van der Waals surface area contributed by atoms with Gasteiger partial charge in [-0.05, 0) is 43.9 Å². The zero-order valence-electron chi connectivity index (χ0n) is 15.7. The van der Waals surface area contributed by atoms with Crippen LogP contribution in [0.5, 0.6) is 0 Å². The van der Waals surface area contributed by atoms with E-state index in [1.807, 2.05) is 32.0 Å². The van der Waals surface area contributed by atoms with Crippen molar-refractivity contribution in [3.63, 3.8) is 0 Å². The molecule has 1 fully saturated rings. The van der Waals surface area contributed by atoms with Gasteiger partial charge in [0.15, 0.2) is 6.61 Å². The first kappa shape index (κ1) is 19.1. The second-order valence-corrected chi connectivity index (χ2v) is 7.16. The molecule has 0 aliphatic heterocycles. The van der Waals surface area contributed by atoms with Crippen LogP contribution in [0.2, 0.25) is 0 Å². The molecule has 2 aromatic carbocycles. The van der Waals surface area contributed by atoms with Crippen LogP contribution in [-0.2, 0) is 19.7 Å². The third kappa shape index (κ3) is 3.87. The largest absolute Gasteiger partial charge is 0.455 e. The summed E-state index contributed by atoms with van der Waals surface area (Å²) in [5, 5.41) is 2.80. The molecule has 0 aromatic heterocycles. The SMILES string of the molecule is Cc1cccc(C)c1NC(=O)COC(=O)C1(c2ccccc2F)CCCC1. The number of amides is 1. The monoisotopic (exact) mass is 369 g/mol. The quantitative estimate of drug-likeness (QED) is 0.793. The van der Waals surface area contributed by atoms with Crippen molar-refractivity contribution in [3.05, 3.63) is 65.0 Å². The standard InChI is InChI=1S/C22H24FNO3/c1-15-8-7-9-16(2)20(15)24-19(25)14-27-21(26)22(12-5-6-13-22)17-10-3-4-11-18(17)23/h3-4,7-11H,5-6,12-14H2,1-2H3,(H,24,25). The maximum atomic E-state index is 14.3. The fourth-order valence-electron chi connectivity index (χ4n) is 3.87. The number of nitrogens with one attached hydrogen (secondary N) is 1. The van der Waals surface area contributed by atoms with E-state index in [-0.39, 0.29) is 6.61 Å². The molecule has 2 aromatic rings. The Hall–Kier alpha value is -2.69. The van der Waals surface area contributed by atoms with Crippen LogP contribution in [0.25, 0.3) is 0 Å². The Morgan fingerprint density at radius 1 is 1.04 bits per heavy atom. The van der Waals surface area contributed by atoms with Crippen LogP contribution in [-0.4, -0.2) is 18.5 Å². The van der Waals surface area contributed by atoms with Gasteiger partial charge >= 0.3 is 5.97 Å². The van der Waals surface area contributed by atoms with E-state index in [0.717, 1.165) is 29.7 Å². The molecule has 0 unspecified atom stereocenters. The topological polar surface area (TPSA) is 55.4 Å². The maximum Gasteiger partial charge on any atom is 0.317 e. The summed E-state index contributed by atoms with van der Waals surface area (Å²) in [5.74, 6) is -1.33. The van der Waals surface area contributed by atoms with E-state index in [4.69, 9.17) is 4.74 Å². The number of para-hydroxylation sites is 1. The number of halogens is 1. The second kappa shape index (κ2) is 7.91. The first-order chi connectivity index (χ1) is 12.9. The number of rotatable bonds is 5. The molecule has 0 heterocycles.